The van der Waals surface area contributed by atoms with Crippen LogP contribution in [-0.2, 0) is 28.6 Å². The zero-order valence-corrected chi connectivity index (χ0v) is 52.5. The van der Waals surface area contributed by atoms with E-state index in [-0.39, 0.29) is 31.1 Å². The zero-order chi connectivity index (χ0) is 58.5. The molecule has 0 saturated carbocycles. The highest BCUT2D eigenvalue weighted by Crippen LogP contribution is 2.15. The van der Waals surface area contributed by atoms with Gasteiger partial charge in [-0.05, 0) is 135 Å². The van der Waals surface area contributed by atoms with Gasteiger partial charge in [0.1, 0.15) is 13.2 Å². The van der Waals surface area contributed by atoms with Gasteiger partial charge < -0.3 is 14.2 Å². The largest absolute Gasteiger partial charge is 0.462 e. The molecule has 0 aliphatic carbocycles. The lowest BCUT2D eigenvalue weighted by Gasteiger charge is -2.18. The normalized spacial score (nSPS) is 13.1. The van der Waals surface area contributed by atoms with Crippen LogP contribution in [0.1, 0.15) is 290 Å². The van der Waals surface area contributed by atoms with E-state index in [0.29, 0.717) is 19.3 Å². The molecule has 0 N–H and O–H groups in total. The SMILES string of the molecule is CC/C=C\C/C=C\C/C=C\C/C=C\C/C=C\C/C=C\C/C=C\CCCCCCCCCCCC(=O)OCC(COC(=O)CCCCCCC/C=C\CCCC)OC(=O)CCCCCCCCCC/C=C\C/C=C\C/C=C\C/C=C\CC. The van der Waals surface area contributed by atoms with Gasteiger partial charge >= 0.3 is 17.9 Å². The lowest BCUT2D eigenvalue weighted by Crippen LogP contribution is -2.30. The van der Waals surface area contributed by atoms with Gasteiger partial charge in [-0.3, -0.25) is 14.4 Å². The minimum absolute atomic E-state index is 0.0910. The van der Waals surface area contributed by atoms with E-state index >= 15 is 0 Å². The fourth-order valence-electron chi connectivity index (χ4n) is 8.87. The lowest BCUT2D eigenvalue weighted by molar-refractivity contribution is -0.167. The average Bonchev–Trinajstić information content (AvgIpc) is 3.47. The van der Waals surface area contributed by atoms with Crippen LogP contribution in [0.15, 0.2) is 146 Å². The Morgan fingerprint density at radius 3 is 0.765 bits per heavy atom. The molecule has 0 spiro atoms. The van der Waals surface area contributed by atoms with E-state index < -0.39 is 6.10 Å². The smallest absolute Gasteiger partial charge is 0.306 e. The summed E-state index contributed by atoms with van der Waals surface area (Å²) >= 11 is 0. The highest BCUT2D eigenvalue weighted by molar-refractivity contribution is 5.71. The summed E-state index contributed by atoms with van der Waals surface area (Å²) in [6, 6.07) is 0. The van der Waals surface area contributed by atoms with Crippen molar-refractivity contribution in [3.63, 3.8) is 0 Å². The first-order valence-electron chi connectivity index (χ1n) is 33.3. The molecule has 0 aromatic rings. The first-order chi connectivity index (χ1) is 40.0. The van der Waals surface area contributed by atoms with E-state index in [1.807, 2.05) is 0 Å². The molecule has 81 heavy (non-hydrogen) atoms. The van der Waals surface area contributed by atoms with E-state index in [9.17, 15) is 14.4 Å². The molecule has 0 aliphatic heterocycles. The van der Waals surface area contributed by atoms with Crippen molar-refractivity contribution < 1.29 is 28.6 Å². The molecule has 6 heteroatoms. The molecule has 1 atom stereocenters. The molecule has 0 rings (SSSR count). The third-order valence-corrected chi connectivity index (χ3v) is 13.8. The molecular weight excluding hydrogens is 997 g/mol. The van der Waals surface area contributed by atoms with Crippen molar-refractivity contribution >= 4 is 17.9 Å². The molecule has 0 radical (unpaired) electrons. The fourth-order valence-corrected chi connectivity index (χ4v) is 8.87. The number of rotatable bonds is 59. The number of allylic oxidation sites excluding steroid dienone is 24. The maximum absolute atomic E-state index is 12.9. The Kier molecular flexibility index (Phi) is 63.9. The number of hydrogen-bond acceptors (Lipinski definition) is 6. The Bertz CT molecular complexity index is 1760. The Hall–Kier alpha value is -4.71. The number of esters is 3. The molecule has 0 aromatic carbocycles. The van der Waals surface area contributed by atoms with E-state index in [1.165, 1.54) is 96.3 Å². The summed E-state index contributed by atoms with van der Waals surface area (Å²) in [4.78, 5) is 38.3. The molecular formula is C75H122O6. The predicted molar refractivity (Wildman–Crippen MR) is 352 cm³/mol. The summed E-state index contributed by atoms with van der Waals surface area (Å²) in [7, 11) is 0. The summed E-state index contributed by atoms with van der Waals surface area (Å²) in [5.74, 6) is -0.913. The van der Waals surface area contributed by atoms with Crippen LogP contribution in [0.5, 0.6) is 0 Å². The third-order valence-electron chi connectivity index (χ3n) is 13.8. The van der Waals surface area contributed by atoms with E-state index in [2.05, 4.69) is 167 Å². The van der Waals surface area contributed by atoms with Crippen LogP contribution in [-0.4, -0.2) is 37.2 Å². The highest BCUT2D eigenvalue weighted by atomic mass is 16.6. The first-order valence-corrected chi connectivity index (χ1v) is 33.3. The molecule has 0 heterocycles. The minimum atomic E-state index is -0.795. The predicted octanol–water partition coefficient (Wildman–Crippen LogP) is 23.1. The van der Waals surface area contributed by atoms with Gasteiger partial charge in [-0.25, -0.2) is 0 Å². The second-order valence-electron chi connectivity index (χ2n) is 21.6. The van der Waals surface area contributed by atoms with Crippen LogP contribution in [0.3, 0.4) is 0 Å². The van der Waals surface area contributed by atoms with Gasteiger partial charge in [-0.1, -0.05) is 282 Å². The summed E-state index contributed by atoms with van der Waals surface area (Å²) in [6.07, 6.45) is 97.2. The molecule has 0 saturated heterocycles. The van der Waals surface area contributed by atoms with Crippen LogP contribution < -0.4 is 0 Å². The van der Waals surface area contributed by atoms with Gasteiger partial charge in [0, 0.05) is 19.3 Å². The van der Waals surface area contributed by atoms with Crippen LogP contribution in [0, 0.1) is 0 Å². The zero-order valence-electron chi connectivity index (χ0n) is 52.5. The molecule has 6 nitrogen and oxygen atoms in total. The lowest BCUT2D eigenvalue weighted by atomic mass is 10.1. The maximum atomic E-state index is 12.9. The Balaban J connectivity index is 4.29. The third kappa shape index (κ3) is 66.0. The summed E-state index contributed by atoms with van der Waals surface area (Å²) in [5, 5.41) is 0. The minimum Gasteiger partial charge on any atom is -0.462 e. The molecule has 0 amide bonds. The van der Waals surface area contributed by atoms with Crippen LogP contribution in [0.2, 0.25) is 0 Å². The van der Waals surface area contributed by atoms with E-state index in [1.54, 1.807) is 0 Å². The topological polar surface area (TPSA) is 78.9 Å². The molecule has 0 fully saturated rings. The van der Waals surface area contributed by atoms with Crippen molar-refractivity contribution in [3.05, 3.63) is 146 Å². The van der Waals surface area contributed by atoms with Crippen molar-refractivity contribution in [1.29, 1.82) is 0 Å². The van der Waals surface area contributed by atoms with Gasteiger partial charge in [0.25, 0.3) is 0 Å². The van der Waals surface area contributed by atoms with Gasteiger partial charge in [0.15, 0.2) is 6.10 Å². The highest BCUT2D eigenvalue weighted by Gasteiger charge is 2.19. The first kappa shape index (κ1) is 76.3. The summed E-state index contributed by atoms with van der Waals surface area (Å²) < 4.78 is 16.9. The van der Waals surface area contributed by atoms with Crippen LogP contribution >= 0.6 is 0 Å². The molecule has 0 aliphatic rings. The van der Waals surface area contributed by atoms with Crippen molar-refractivity contribution in [1.82, 2.24) is 0 Å². The van der Waals surface area contributed by atoms with Crippen molar-refractivity contribution in [2.75, 3.05) is 13.2 Å². The van der Waals surface area contributed by atoms with E-state index in [0.717, 1.165) is 154 Å². The van der Waals surface area contributed by atoms with Crippen LogP contribution in [0.25, 0.3) is 0 Å². The van der Waals surface area contributed by atoms with Gasteiger partial charge in [-0.2, -0.15) is 0 Å². The number of carbonyl (C=O) groups excluding carboxylic acids is 3. The number of hydrogen-bond donors (Lipinski definition) is 0. The standard InChI is InChI=1S/C75H122O6/c1-4-7-10-13-16-19-22-24-26-28-30-32-33-34-35-36-37-38-39-40-41-43-44-46-48-50-53-56-59-62-65-68-74(77)80-71-72(70-79-73(76)67-64-61-58-55-52-21-18-15-12-9-6-3)81-75(78)69-66-63-60-57-54-51-49-47-45-42-31-29-27-25-23-20-17-14-11-8-5-2/h7-8,10-11,15-20,24-27,30-32,34-35,37-38,40-42,72H,4-6,9,12-14,21-23,28-29,33,36,39,43-71H2,1-3H3/b10-7-,11-8-,18-15-,19-16-,20-17-,26-24-,27-25-,32-30-,35-34-,38-37-,41-40-,42-31-. The van der Waals surface area contributed by atoms with Gasteiger partial charge in [-0.15, -0.1) is 0 Å². The number of carbonyl (C=O) groups is 3. The van der Waals surface area contributed by atoms with Gasteiger partial charge in [0.2, 0.25) is 0 Å². The molecule has 458 valence electrons. The summed E-state index contributed by atoms with van der Waals surface area (Å²) in [5.41, 5.74) is 0. The second-order valence-corrected chi connectivity index (χ2v) is 21.6. The van der Waals surface area contributed by atoms with Crippen molar-refractivity contribution in [2.45, 2.75) is 297 Å². The second kappa shape index (κ2) is 67.8. The fraction of sp³-hybridized carbons (Fsp3) is 0.640. The van der Waals surface area contributed by atoms with Crippen molar-refractivity contribution in [3.8, 4) is 0 Å². The number of unbranched alkanes of at least 4 members (excludes halogenated alkanes) is 24. The summed E-state index contributed by atoms with van der Waals surface area (Å²) in [6.45, 7) is 6.36. The molecule has 0 bridgehead atoms. The van der Waals surface area contributed by atoms with Crippen LogP contribution in [0.4, 0.5) is 0 Å². The van der Waals surface area contributed by atoms with E-state index in [4.69, 9.17) is 14.2 Å². The average molecular weight is 1120 g/mol. The Morgan fingerprint density at radius 1 is 0.259 bits per heavy atom. The van der Waals surface area contributed by atoms with Crippen molar-refractivity contribution in [2.24, 2.45) is 0 Å². The van der Waals surface area contributed by atoms with Gasteiger partial charge in [0.05, 0.1) is 0 Å². The monoisotopic (exact) mass is 1120 g/mol. The molecule has 1 unspecified atom stereocenters. The quantitative estimate of drug-likeness (QED) is 0.0261. The Labute approximate surface area is 499 Å². The maximum Gasteiger partial charge on any atom is 0.306 e. The Morgan fingerprint density at radius 2 is 0.481 bits per heavy atom. The number of ether oxygens (including phenoxy) is 3. The molecule has 0 aromatic heterocycles.